The molecular weight excluding hydrogens is 471 g/mol. The Morgan fingerprint density at radius 3 is 2.82 bits per heavy atom. The molecule has 0 amide bonds. The number of hydrogen-bond donors (Lipinski definition) is 1. The molecule has 1 saturated heterocycles. The largest absolute Gasteiger partial charge is 0.378 e. The quantitative estimate of drug-likeness (QED) is 0.355. The lowest BCUT2D eigenvalue weighted by Gasteiger charge is -2.34. The van der Waals surface area contributed by atoms with Gasteiger partial charge in [-0.2, -0.15) is 4.98 Å². The molecule has 0 atom stereocenters. The van der Waals surface area contributed by atoms with Crippen molar-refractivity contribution in [1.29, 1.82) is 0 Å². The Hall–Kier alpha value is -1.75. The van der Waals surface area contributed by atoms with Crippen molar-refractivity contribution in [3.8, 4) is 11.6 Å². The number of hydrogen-bond acceptors (Lipinski definition) is 6. The fourth-order valence-electron chi connectivity index (χ4n) is 3.11. The van der Waals surface area contributed by atoms with Crippen LogP contribution in [0.2, 0.25) is 0 Å². The normalized spacial score (nSPS) is 15.4. The van der Waals surface area contributed by atoms with E-state index in [1.807, 2.05) is 18.2 Å². The molecule has 1 N–H and O–H groups in total. The van der Waals surface area contributed by atoms with Gasteiger partial charge in [0.15, 0.2) is 11.8 Å². The van der Waals surface area contributed by atoms with Gasteiger partial charge in [-0.1, -0.05) is 11.2 Å². The predicted molar refractivity (Wildman–Crippen MR) is 119 cm³/mol. The number of likely N-dealkylation sites (tertiary alicyclic amines) is 1. The van der Waals surface area contributed by atoms with Crippen LogP contribution in [0.25, 0.3) is 11.6 Å². The maximum Gasteiger partial charge on any atom is 0.276 e. The molecule has 0 radical (unpaired) electrons. The molecule has 0 bridgehead atoms. The summed E-state index contributed by atoms with van der Waals surface area (Å²) in [7, 11) is 0. The van der Waals surface area contributed by atoms with E-state index >= 15 is 0 Å². The van der Waals surface area contributed by atoms with Crippen LogP contribution >= 0.6 is 24.0 Å². The third kappa shape index (κ3) is 6.40. The molecule has 9 heteroatoms. The first-order chi connectivity index (χ1) is 13.3. The summed E-state index contributed by atoms with van der Waals surface area (Å²) in [4.78, 5) is 15.7. The lowest BCUT2D eigenvalue weighted by Crippen LogP contribution is -2.47. The first-order valence-corrected chi connectivity index (χ1v) is 9.69. The molecule has 8 nitrogen and oxygen atoms in total. The van der Waals surface area contributed by atoms with Crippen LogP contribution in [0.1, 0.15) is 32.5 Å². The van der Waals surface area contributed by atoms with E-state index in [2.05, 4.69) is 39.2 Å². The van der Waals surface area contributed by atoms with Gasteiger partial charge in [-0.05, 0) is 38.8 Å². The Balaban J connectivity index is 0.00000280. The number of piperidine rings is 1. The maximum absolute atomic E-state index is 5.73. The lowest BCUT2D eigenvalue weighted by molar-refractivity contribution is 0.0264. The zero-order chi connectivity index (χ0) is 18.9. The Bertz CT molecular complexity index is 716. The topological polar surface area (TPSA) is 88.7 Å². The fourth-order valence-corrected chi connectivity index (χ4v) is 3.11. The van der Waals surface area contributed by atoms with Crippen LogP contribution in [0.15, 0.2) is 33.9 Å². The van der Waals surface area contributed by atoms with Gasteiger partial charge in [0.05, 0.1) is 6.10 Å². The number of nitrogens with zero attached hydrogens (tertiary/aromatic N) is 5. The first-order valence-electron chi connectivity index (χ1n) is 9.69. The van der Waals surface area contributed by atoms with Crippen LogP contribution in [0.5, 0.6) is 0 Å². The SMILES string of the molecule is CCNC(=NCCc1noc(-c2ccccn2)n1)N1CCC(OCC)CC1.I. The molecule has 28 heavy (non-hydrogen) atoms. The number of nitrogens with one attached hydrogen (secondary N) is 1. The Labute approximate surface area is 183 Å². The van der Waals surface area contributed by atoms with Crippen LogP contribution in [-0.4, -0.2) is 64.9 Å². The van der Waals surface area contributed by atoms with Crippen molar-refractivity contribution in [3.05, 3.63) is 30.2 Å². The maximum atomic E-state index is 5.73. The highest BCUT2D eigenvalue weighted by atomic mass is 127. The number of rotatable bonds is 7. The van der Waals surface area contributed by atoms with Gasteiger partial charge < -0.3 is 19.5 Å². The van der Waals surface area contributed by atoms with Gasteiger partial charge in [-0.25, -0.2) is 0 Å². The van der Waals surface area contributed by atoms with Gasteiger partial charge in [0, 0.05) is 45.4 Å². The Morgan fingerprint density at radius 2 is 2.14 bits per heavy atom. The molecule has 1 aliphatic rings. The molecule has 0 aliphatic carbocycles. The second-order valence-electron chi connectivity index (χ2n) is 6.36. The number of halogens is 1. The average molecular weight is 500 g/mol. The molecule has 2 aromatic heterocycles. The second kappa shape index (κ2) is 11.9. The summed E-state index contributed by atoms with van der Waals surface area (Å²) >= 11 is 0. The smallest absolute Gasteiger partial charge is 0.276 e. The zero-order valence-corrected chi connectivity index (χ0v) is 18.8. The van der Waals surface area contributed by atoms with Crippen LogP contribution in [0.3, 0.4) is 0 Å². The summed E-state index contributed by atoms with van der Waals surface area (Å²) in [6.07, 6.45) is 4.78. The van der Waals surface area contributed by atoms with Crippen molar-refractivity contribution in [3.63, 3.8) is 0 Å². The summed E-state index contributed by atoms with van der Waals surface area (Å²) in [5.41, 5.74) is 0.685. The van der Waals surface area contributed by atoms with Gasteiger partial charge >= 0.3 is 0 Å². The van der Waals surface area contributed by atoms with E-state index in [1.165, 1.54) is 0 Å². The number of guanidine groups is 1. The highest BCUT2D eigenvalue weighted by Crippen LogP contribution is 2.15. The summed E-state index contributed by atoms with van der Waals surface area (Å²) in [6.45, 7) is 8.29. The molecule has 0 saturated carbocycles. The molecule has 1 fully saturated rings. The molecular formula is C19H29IN6O2. The monoisotopic (exact) mass is 500 g/mol. The van der Waals surface area contributed by atoms with Crippen molar-refractivity contribution in [1.82, 2.24) is 25.3 Å². The standard InChI is InChI=1S/C19H28N6O2.HI/c1-3-20-19(25-13-9-15(10-14-25)26-4-2)22-12-8-17-23-18(27-24-17)16-7-5-6-11-21-16;/h5-7,11,15H,3-4,8-10,12-14H2,1-2H3,(H,20,22);1H. The predicted octanol–water partition coefficient (Wildman–Crippen LogP) is 2.76. The van der Waals surface area contributed by atoms with Gasteiger partial charge in [-0.3, -0.25) is 9.98 Å². The minimum Gasteiger partial charge on any atom is -0.378 e. The highest BCUT2D eigenvalue weighted by Gasteiger charge is 2.21. The molecule has 1 aliphatic heterocycles. The third-order valence-electron chi connectivity index (χ3n) is 4.43. The van der Waals surface area contributed by atoms with Crippen LogP contribution in [-0.2, 0) is 11.2 Å². The van der Waals surface area contributed by atoms with Crippen molar-refractivity contribution in [2.75, 3.05) is 32.8 Å². The third-order valence-corrected chi connectivity index (χ3v) is 4.43. The van der Waals surface area contributed by atoms with E-state index in [1.54, 1.807) is 6.20 Å². The van der Waals surface area contributed by atoms with E-state index in [0.29, 0.717) is 36.5 Å². The van der Waals surface area contributed by atoms with Crippen molar-refractivity contribution >= 4 is 29.9 Å². The van der Waals surface area contributed by atoms with Crippen molar-refractivity contribution in [2.45, 2.75) is 39.2 Å². The lowest BCUT2D eigenvalue weighted by atomic mass is 10.1. The first kappa shape index (κ1) is 22.5. The van der Waals surface area contributed by atoms with E-state index in [9.17, 15) is 0 Å². The minimum atomic E-state index is 0. The molecule has 154 valence electrons. The van der Waals surface area contributed by atoms with Gasteiger partial charge in [0.1, 0.15) is 5.69 Å². The Morgan fingerprint density at radius 1 is 1.32 bits per heavy atom. The Kier molecular flexibility index (Phi) is 9.62. The van der Waals surface area contributed by atoms with Gasteiger partial charge in [0.2, 0.25) is 0 Å². The number of pyridine rings is 1. The average Bonchev–Trinajstić information content (AvgIpc) is 3.18. The van der Waals surface area contributed by atoms with E-state index in [0.717, 1.165) is 45.0 Å². The highest BCUT2D eigenvalue weighted by molar-refractivity contribution is 14.0. The van der Waals surface area contributed by atoms with Crippen LogP contribution in [0, 0.1) is 0 Å². The summed E-state index contributed by atoms with van der Waals surface area (Å²) in [5.74, 6) is 2.03. The summed E-state index contributed by atoms with van der Waals surface area (Å²) < 4.78 is 11.0. The summed E-state index contributed by atoms with van der Waals surface area (Å²) in [6, 6.07) is 5.60. The van der Waals surface area contributed by atoms with Crippen LogP contribution in [0.4, 0.5) is 0 Å². The number of aromatic nitrogens is 3. The van der Waals surface area contributed by atoms with Crippen molar-refractivity contribution in [2.24, 2.45) is 4.99 Å². The van der Waals surface area contributed by atoms with E-state index in [4.69, 9.17) is 14.3 Å². The van der Waals surface area contributed by atoms with E-state index in [-0.39, 0.29) is 24.0 Å². The van der Waals surface area contributed by atoms with Crippen molar-refractivity contribution < 1.29 is 9.26 Å². The van der Waals surface area contributed by atoms with Crippen LogP contribution < -0.4 is 5.32 Å². The minimum absolute atomic E-state index is 0. The molecule has 0 spiro atoms. The van der Waals surface area contributed by atoms with Gasteiger partial charge in [0.25, 0.3) is 5.89 Å². The second-order valence-corrected chi connectivity index (χ2v) is 6.36. The molecule has 0 aromatic carbocycles. The molecule has 3 rings (SSSR count). The number of aliphatic imine (C=N–C) groups is 1. The van der Waals surface area contributed by atoms with E-state index < -0.39 is 0 Å². The van der Waals surface area contributed by atoms with Gasteiger partial charge in [-0.15, -0.1) is 24.0 Å². The number of ether oxygens (including phenoxy) is 1. The molecule has 0 unspecified atom stereocenters. The summed E-state index contributed by atoms with van der Waals surface area (Å²) in [5, 5.41) is 7.41. The zero-order valence-electron chi connectivity index (χ0n) is 16.5. The molecule has 3 heterocycles. The molecule has 2 aromatic rings. The fraction of sp³-hybridized carbons (Fsp3) is 0.579.